The van der Waals surface area contributed by atoms with Crippen molar-refractivity contribution in [1.29, 1.82) is 0 Å². The summed E-state index contributed by atoms with van der Waals surface area (Å²) < 4.78 is 5.38. The van der Waals surface area contributed by atoms with Crippen LogP contribution in [0.4, 0.5) is 10.5 Å². The number of amides is 2. The molecule has 1 aromatic carbocycles. The summed E-state index contributed by atoms with van der Waals surface area (Å²) in [5, 5.41) is 2.90. The molecule has 0 atom stereocenters. The molecule has 7 heteroatoms. The van der Waals surface area contributed by atoms with Gasteiger partial charge in [-0.2, -0.15) is 0 Å². The van der Waals surface area contributed by atoms with Crippen molar-refractivity contribution in [3.05, 3.63) is 29.8 Å². The van der Waals surface area contributed by atoms with E-state index in [0.29, 0.717) is 11.3 Å². The van der Waals surface area contributed by atoms with E-state index in [1.807, 2.05) is 11.0 Å². The van der Waals surface area contributed by atoms with E-state index in [0.717, 1.165) is 65.6 Å². The van der Waals surface area contributed by atoms with E-state index in [9.17, 15) is 9.59 Å². The lowest BCUT2D eigenvalue weighted by atomic mass is 10.1. The van der Waals surface area contributed by atoms with Gasteiger partial charge < -0.3 is 15.0 Å². The third-order valence-corrected chi connectivity index (χ3v) is 5.02. The van der Waals surface area contributed by atoms with Crippen LogP contribution in [0.25, 0.3) is 0 Å². The van der Waals surface area contributed by atoms with E-state index in [4.69, 9.17) is 4.74 Å². The van der Waals surface area contributed by atoms with Crippen molar-refractivity contribution in [1.82, 2.24) is 14.7 Å². The van der Waals surface area contributed by atoms with Crippen LogP contribution in [-0.4, -0.2) is 92.1 Å². The molecule has 0 aliphatic carbocycles. The zero-order valence-electron chi connectivity index (χ0n) is 15.4. The largest absolute Gasteiger partial charge is 0.379 e. The van der Waals surface area contributed by atoms with Crippen LogP contribution in [0.5, 0.6) is 0 Å². The maximum atomic E-state index is 12.4. The molecule has 7 nitrogen and oxygen atoms in total. The molecule has 142 valence electrons. The van der Waals surface area contributed by atoms with Gasteiger partial charge in [-0.3, -0.25) is 14.6 Å². The maximum absolute atomic E-state index is 12.4. The Labute approximate surface area is 154 Å². The molecule has 0 radical (unpaired) electrons. The predicted molar refractivity (Wildman–Crippen MR) is 101 cm³/mol. The van der Waals surface area contributed by atoms with E-state index in [1.54, 1.807) is 18.2 Å². The lowest BCUT2D eigenvalue weighted by Crippen LogP contribution is -2.51. The van der Waals surface area contributed by atoms with Crippen molar-refractivity contribution >= 4 is 17.5 Å². The average molecular weight is 360 g/mol. The first-order chi connectivity index (χ1) is 12.6. The summed E-state index contributed by atoms with van der Waals surface area (Å²) in [7, 11) is 0. The van der Waals surface area contributed by atoms with Crippen molar-refractivity contribution < 1.29 is 14.3 Å². The zero-order valence-corrected chi connectivity index (χ0v) is 15.4. The number of carbonyl (C=O) groups is 2. The van der Waals surface area contributed by atoms with Crippen LogP contribution < -0.4 is 5.32 Å². The first kappa shape index (κ1) is 18.8. The van der Waals surface area contributed by atoms with Crippen molar-refractivity contribution in [2.75, 3.05) is 70.9 Å². The number of hydrogen-bond donors (Lipinski definition) is 1. The minimum absolute atomic E-state index is 0.00465. The van der Waals surface area contributed by atoms with Crippen molar-refractivity contribution in [2.45, 2.75) is 6.92 Å². The highest BCUT2D eigenvalue weighted by Gasteiger charge is 2.22. The molecule has 2 amide bonds. The Balaban J connectivity index is 1.41. The number of piperazine rings is 1. The smallest absolute Gasteiger partial charge is 0.321 e. The average Bonchev–Trinajstić information content (AvgIpc) is 2.68. The highest BCUT2D eigenvalue weighted by Crippen LogP contribution is 2.13. The number of urea groups is 1. The quantitative estimate of drug-likeness (QED) is 0.804. The molecule has 3 rings (SSSR count). The Morgan fingerprint density at radius 1 is 1.00 bits per heavy atom. The Morgan fingerprint density at radius 2 is 1.65 bits per heavy atom. The van der Waals surface area contributed by atoms with Gasteiger partial charge in [-0.25, -0.2) is 4.79 Å². The zero-order chi connectivity index (χ0) is 18.4. The fourth-order valence-electron chi connectivity index (χ4n) is 3.30. The maximum Gasteiger partial charge on any atom is 0.321 e. The molecule has 0 aromatic heterocycles. The van der Waals surface area contributed by atoms with Gasteiger partial charge >= 0.3 is 6.03 Å². The van der Waals surface area contributed by atoms with Crippen LogP contribution >= 0.6 is 0 Å². The van der Waals surface area contributed by atoms with Gasteiger partial charge in [0, 0.05) is 63.6 Å². The fraction of sp³-hybridized carbons (Fsp3) is 0.579. The van der Waals surface area contributed by atoms with Crippen molar-refractivity contribution in [3.63, 3.8) is 0 Å². The summed E-state index contributed by atoms with van der Waals surface area (Å²) in [5.41, 5.74) is 1.27. The van der Waals surface area contributed by atoms with Gasteiger partial charge in [0.15, 0.2) is 5.78 Å². The highest BCUT2D eigenvalue weighted by molar-refractivity contribution is 5.96. The fourth-order valence-corrected chi connectivity index (χ4v) is 3.30. The van der Waals surface area contributed by atoms with Crippen molar-refractivity contribution in [2.24, 2.45) is 0 Å². The number of nitrogens with one attached hydrogen (secondary N) is 1. The third-order valence-electron chi connectivity index (χ3n) is 5.02. The molecule has 1 aromatic rings. The Hall–Kier alpha value is -1.96. The summed E-state index contributed by atoms with van der Waals surface area (Å²) in [6.07, 6.45) is 0. The van der Waals surface area contributed by atoms with Crippen LogP contribution in [0.2, 0.25) is 0 Å². The number of ether oxygens (including phenoxy) is 1. The molecular weight excluding hydrogens is 332 g/mol. The van der Waals surface area contributed by atoms with Crippen LogP contribution in [0.1, 0.15) is 17.3 Å². The van der Waals surface area contributed by atoms with Crippen molar-refractivity contribution in [3.8, 4) is 0 Å². The van der Waals surface area contributed by atoms with Gasteiger partial charge in [-0.05, 0) is 19.1 Å². The number of morpholine rings is 1. The number of rotatable bonds is 5. The molecular formula is C19H28N4O3. The first-order valence-corrected chi connectivity index (χ1v) is 9.31. The number of carbonyl (C=O) groups excluding carboxylic acids is 2. The second kappa shape index (κ2) is 9.12. The first-order valence-electron chi connectivity index (χ1n) is 9.31. The second-order valence-corrected chi connectivity index (χ2v) is 6.85. The van der Waals surface area contributed by atoms with E-state index in [1.165, 1.54) is 6.92 Å². The normalized spacial score (nSPS) is 19.3. The van der Waals surface area contributed by atoms with Gasteiger partial charge in [0.05, 0.1) is 13.2 Å². The topological polar surface area (TPSA) is 65.1 Å². The van der Waals surface area contributed by atoms with Gasteiger partial charge in [0.25, 0.3) is 0 Å². The molecule has 0 saturated carbocycles. The summed E-state index contributed by atoms with van der Waals surface area (Å²) in [6, 6.07) is 6.97. The van der Waals surface area contributed by atoms with Crippen LogP contribution in [0.3, 0.4) is 0 Å². The minimum atomic E-state index is -0.0986. The summed E-state index contributed by atoms with van der Waals surface area (Å²) in [5.74, 6) is -0.00465. The van der Waals surface area contributed by atoms with Gasteiger partial charge in [-0.15, -0.1) is 0 Å². The molecule has 1 N–H and O–H groups in total. The molecule has 26 heavy (non-hydrogen) atoms. The summed E-state index contributed by atoms with van der Waals surface area (Å²) in [4.78, 5) is 30.6. The summed E-state index contributed by atoms with van der Waals surface area (Å²) in [6.45, 7) is 10.6. The Kier molecular flexibility index (Phi) is 6.60. The minimum Gasteiger partial charge on any atom is -0.379 e. The molecule has 0 unspecified atom stereocenters. The lowest BCUT2D eigenvalue weighted by molar-refractivity contribution is 0.0311. The number of benzene rings is 1. The molecule has 2 saturated heterocycles. The number of ketones is 1. The number of hydrogen-bond acceptors (Lipinski definition) is 5. The monoisotopic (exact) mass is 360 g/mol. The van der Waals surface area contributed by atoms with Gasteiger partial charge in [0.1, 0.15) is 0 Å². The molecule has 0 spiro atoms. The Morgan fingerprint density at radius 3 is 2.31 bits per heavy atom. The second-order valence-electron chi connectivity index (χ2n) is 6.85. The number of Topliss-reactive ketones (excluding diaryl/α,β-unsaturated/α-hetero) is 1. The SMILES string of the molecule is CC(=O)c1cccc(NC(=O)N2CCN(CCN3CCOCC3)CC2)c1. The Bertz CT molecular complexity index is 623. The molecule has 2 aliphatic rings. The van der Waals surface area contributed by atoms with E-state index in [2.05, 4.69) is 15.1 Å². The van der Waals surface area contributed by atoms with E-state index in [-0.39, 0.29) is 11.8 Å². The number of anilines is 1. The van der Waals surface area contributed by atoms with Crippen LogP contribution in [0, 0.1) is 0 Å². The van der Waals surface area contributed by atoms with Crippen LogP contribution in [-0.2, 0) is 4.74 Å². The lowest BCUT2D eigenvalue weighted by Gasteiger charge is -2.36. The third kappa shape index (κ3) is 5.27. The molecule has 2 fully saturated rings. The molecule has 2 aliphatic heterocycles. The predicted octanol–water partition coefficient (Wildman–Crippen LogP) is 1.37. The standard InChI is InChI=1S/C19H28N4O3/c1-16(24)17-3-2-4-18(15-17)20-19(25)23-9-7-21(8-10-23)5-6-22-11-13-26-14-12-22/h2-4,15H,5-14H2,1H3,(H,20,25). The summed E-state index contributed by atoms with van der Waals surface area (Å²) >= 11 is 0. The van der Waals surface area contributed by atoms with E-state index < -0.39 is 0 Å². The number of nitrogens with zero attached hydrogens (tertiary/aromatic N) is 3. The molecule has 0 bridgehead atoms. The van der Waals surface area contributed by atoms with Gasteiger partial charge in [0.2, 0.25) is 0 Å². The van der Waals surface area contributed by atoms with E-state index >= 15 is 0 Å². The molecule has 2 heterocycles. The van der Waals surface area contributed by atoms with Crippen LogP contribution in [0.15, 0.2) is 24.3 Å². The highest BCUT2D eigenvalue weighted by atomic mass is 16.5. The van der Waals surface area contributed by atoms with Gasteiger partial charge in [-0.1, -0.05) is 12.1 Å².